The lowest BCUT2D eigenvalue weighted by Crippen LogP contribution is -2.22. The highest BCUT2D eigenvalue weighted by molar-refractivity contribution is 5.93. The summed E-state index contributed by atoms with van der Waals surface area (Å²) in [6, 6.07) is 8.42. The van der Waals surface area contributed by atoms with Crippen LogP contribution in [0.25, 0.3) is 10.8 Å². The van der Waals surface area contributed by atoms with Crippen molar-refractivity contribution in [3.8, 4) is 0 Å². The highest BCUT2D eigenvalue weighted by Crippen LogP contribution is 2.29. The number of anilines is 1. The highest BCUT2D eigenvalue weighted by atomic mass is 15.2. The van der Waals surface area contributed by atoms with Crippen molar-refractivity contribution < 1.29 is 0 Å². The fraction of sp³-hybridized carbons (Fsp3) is 0.357. The zero-order chi connectivity index (χ0) is 11.7. The highest BCUT2D eigenvalue weighted by Gasteiger charge is 2.22. The normalized spacial score (nSPS) is 20.1. The van der Waals surface area contributed by atoms with Crippen LogP contribution in [0.15, 0.2) is 36.7 Å². The van der Waals surface area contributed by atoms with E-state index >= 15 is 0 Å². The number of aromatic nitrogens is 1. The zero-order valence-corrected chi connectivity index (χ0v) is 9.84. The van der Waals surface area contributed by atoms with Crippen LogP contribution >= 0.6 is 0 Å². The van der Waals surface area contributed by atoms with E-state index in [1.165, 1.54) is 22.9 Å². The molecule has 3 nitrogen and oxygen atoms in total. The lowest BCUT2D eigenvalue weighted by atomic mass is 10.1. The van der Waals surface area contributed by atoms with Gasteiger partial charge in [0, 0.05) is 30.1 Å². The van der Waals surface area contributed by atoms with Crippen LogP contribution < -0.4 is 10.6 Å². The van der Waals surface area contributed by atoms with Gasteiger partial charge in [-0.25, -0.2) is 0 Å². The number of benzene rings is 1. The molecule has 0 amide bonds. The molecular formula is C14H17N3. The first-order valence-electron chi connectivity index (χ1n) is 6.16. The molecule has 0 spiro atoms. The standard InChI is InChI=1S/C14H17N3/c15-7-11-5-6-17(10-11)14-9-16-8-12-3-1-2-4-13(12)14/h1-4,8-9,11H,5-7,10,15H2. The van der Waals surface area contributed by atoms with Crippen LogP contribution in [0.1, 0.15) is 6.42 Å². The lowest BCUT2D eigenvalue weighted by molar-refractivity contribution is 0.603. The molecule has 0 bridgehead atoms. The van der Waals surface area contributed by atoms with Crippen molar-refractivity contribution in [3.05, 3.63) is 36.7 Å². The molecule has 17 heavy (non-hydrogen) atoms. The summed E-state index contributed by atoms with van der Waals surface area (Å²) in [5.74, 6) is 0.633. The summed E-state index contributed by atoms with van der Waals surface area (Å²) < 4.78 is 0. The maximum absolute atomic E-state index is 5.74. The summed E-state index contributed by atoms with van der Waals surface area (Å²) >= 11 is 0. The summed E-state index contributed by atoms with van der Waals surface area (Å²) in [7, 11) is 0. The quantitative estimate of drug-likeness (QED) is 0.853. The Morgan fingerprint density at radius 3 is 3.00 bits per heavy atom. The Morgan fingerprint density at radius 2 is 2.18 bits per heavy atom. The van der Waals surface area contributed by atoms with E-state index in [4.69, 9.17) is 5.73 Å². The van der Waals surface area contributed by atoms with Gasteiger partial charge < -0.3 is 10.6 Å². The Labute approximate surface area is 101 Å². The average Bonchev–Trinajstić information content (AvgIpc) is 2.87. The van der Waals surface area contributed by atoms with Crippen molar-refractivity contribution in [2.24, 2.45) is 11.7 Å². The minimum Gasteiger partial charge on any atom is -0.369 e. The van der Waals surface area contributed by atoms with Crippen LogP contribution in [0.5, 0.6) is 0 Å². The molecule has 2 heterocycles. The Hall–Kier alpha value is -1.61. The van der Waals surface area contributed by atoms with Gasteiger partial charge in [-0.1, -0.05) is 24.3 Å². The van der Waals surface area contributed by atoms with E-state index in [0.29, 0.717) is 5.92 Å². The van der Waals surface area contributed by atoms with E-state index in [2.05, 4.69) is 34.1 Å². The van der Waals surface area contributed by atoms with E-state index in [0.717, 1.165) is 19.6 Å². The molecule has 88 valence electrons. The van der Waals surface area contributed by atoms with Gasteiger partial charge in [-0.15, -0.1) is 0 Å². The van der Waals surface area contributed by atoms with E-state index < -0.39 is 0 Å². The molecule has 1 unspecified atom stereocenters. The van der Waals surface area contributed by atoms with E-state index in [-0.39, 0.29) is 0 Å². The molecule has 1 aromatic heterocycles. The summed E-state index contributed by atoms with van der Waals surface area (Å²) in [6.45, 7) is 2.94. The van der Waals surface area contributed by atoms with Gasteiger partial charge >= 0.3 is 0 Å². The summed E-state index contributed by atoms with van der Waals surface area (Å²) in [5.41, 5.74) is 6.99. The maximum Gasteiger partial charge on any atom is 0.0632 e. The van der Waals surface area contributed by atoms with E-state index in [1.807, 2.05) is 12.4 Å². The number of hydrogen-bond acceptors (Lipinski definition) is 3. The fourth-order valence-corrected chi connectivity index (χ4v) is 2.60. The van der Waals surface area contributed by atoms with Crippen LogP contribution in [0, 0.1) is 5.92 Å². The Bertz CT molecular complexity index is 518. The third-order valence-electron chi connectivity index (χ3n) is 3.61. The smallest absolute Gasteiger partial charge is 0.0632 e. The molecule has 1 fully saturated rings. The maximum atomic E-state index is 5.74. The van der Waals surface area contributed by atoms with Crippen molar-refractivity contribution in [1.29, 1.82) is 0 Å². The van der Waals surface area contributed by atoms with Gasteiger partial charge in [0.25, 0.3) is 0 Å². The summed E-state index contributed by atoms with van der Waals surface area (Å²) in [4.78, 5) is 6.74. The zero-order valence-electron chi connectivity index (χ0n) is 9.84. The second-order valence-corrected chi connectivity index (χ2v) is 4.72. The van der Waals surface area contributed by atoms with E-state index in [1.54, 1.807) is 0 Å². The third kappa shape index (κ3) is 1.87. The molecule has 1 atom stereocenters. The number of nitrogens with two attached hydrogens (primary N) is 1. The first-order valence-corrected chi connectivity index (χ1v) is 6.16. The SMILES string of the molecule is NCC1CCN(c2cncc3ccccc23)C1. The fourth-order valence-electron chi connectivity index (χ4n) is 2.60. The monoisotopic (exact) mass is 227 g/mol. The van der Waals surface area contributed by atoms with Gasteiger partial charge in [0.05, 0.1) is 11.9 Å². The van der Waals surface area contributed by atoms with Crippen LogP contribution in [0.3, 0.4) is 0 Å². The number of hydrogen-bond donors (Lipinski definition) is 1. The number of rotatable bonds is 2. The van der Waals surface area contributed by atoms with Crippen LogP contribution in [0.2, 0.25) is 0 Å². The van der Waals surface area contributed by atoms with Crippen molar-refractivity contribution >= 4 is 16.5 Å². The molecule has 3 heteroatoms. The van der Waals surface area contributed by atoms with Gasteiger partial charge in [-0.05, 0) is 18.9 Å². The Kier molecular flexibility index (Phi) is 2.69. The van der Waals surface area contributed by atoms with Crippen LogP contribution in [-0.4, -0.2) is 24.6 Å². The summed E-state index contributed by atoms with van der Waals surface area (Å²) in [6.07, 6.45) is 5.09. The molecule has 3 rings (SSSR count). The van der Waals surface area contributed by atoms with Crippen LogP contribution in [-0.2, 0) is 0 Å². The average molecular weight is 227 g/mol. The molecule has 1 saturated heterocycles. The van der Waals surface area contributed by atoms with Crippen molar-refractivity contribution in [2.45, 2.75) is 6.42 Å². The van der Waals surface area contributed by atoms with Gasteiger partial charge in [0.2, 0.25) is 0 Å². The minimum atomic E-state index is 0.633. The van der Waals surface area contributed by atoms with Crippen LogP contribution in [0.4, 0.5) is 5.69 Å². The van der Waals surface area contributed by atoms with Gasteiger partial charge in [0.1, 0.15) is 0 Å². The summed E-state index contributed by atoms with van der Waals surface area (Å²) in [5, 5.41) is 2.50. The first-order chi connectivity index (χ1) is 8.38. The molecule has 0 aliphatic carbocycles. The molecule has 2 N–H and O–H groups in total. The third-order valence-corrected chi connectivity index (χ3v) is 3.61. The van der Waals surface area contributed by atoms with Crippen molar-refractivity contribution in [3.63, 3.8) is 0 Å². The predicted molar refractivity (Wildman–Crippen MR) is 71.1 cm³/mol. The minimum absolute atomic E-state index is 0.633. The molecule has 1 aromatic carbocycles. The largest absolute Gasteiger partial charge is 0.369 e. The predicted octanol–water partition coefficient (Wildman–Crippen LogP) is 2.02. The molecule has 1 aliphatic rings. The Balaban J connectivity index is 2.00. The second-order valence-electron chi connectivity index (χ2n) is 4.72. The van der Waals surface area contributed by atoms with Gasteiger partial charge in [-0.2, -0.15) is 0 Å². The number of pyridine rings is 1. The molecule has 0 saturated carbocycles. The molecule has 2 aromatic rings. The lowest BCUT2D eigenvalue weighted by Gasteiger charge is -2.20. The van der Waals surface area contributed by atoms with E-state index in [9.17, 15) is 0 Å². The van der Waals surface area contributed by atoms with Crippen molar-refractivity contribution in [2.75, 3.05) is 24.5 Å². The Morgan fingerprint density at radius 1 is 1.29 bits per heavy atom. The molecule has 1 aliphatic heterocycles. The number of fused-ring (bicyclic) bond motifs is 1. The molecular weight excluding hydrogens is 210 g/mol. The topological polar surface area (TPSA) is 42.1 Å². The first kappa shape index (κ1) is 10.5. The van der Waals surface area contributed by atoms with Crippen molar-refractivity contribution in [1.82, 2.24) is 4.98 Å². The van der Waals surface area contributed by atoms with Gasteiger partial charge in [0.15, 0.2) is 0 Å². The molecule has 0 radical (unpaired) electrons. The number of nitrogens with zero attached hydrogens (tertiary/aromatic N) is 2. The second kappa shape index (κ2) is 4.34. The van der Waals surface area contributed by atoms with Gasteiger partial charge in [-0.3, -0.25) is 4.98 Å².